The monoisotopic (exact) mass is 425 g/mol. The van der Waals surface area contributed by atoms with E-state index in [1.54, 1.807) is 6.92 Å². The van der Waals surface area contributed by atoms with Crippen LogP contribution < -0.4 is 5.32 Å². The van der Waals surface area contributed by atoms with Crippen molar-refractivity contribution in [1.29, 1.82) is 0 Å². The normalized spacial score (nSPS) is 39.2. The lowest BCUT2D eigenvalue weighted by atomic mass is 9.49. The van der Waals surface area contributed by atoms with E-state index in [0.29, 0.717) is 11.6 Å². The molecule has 4 bridgehead atoms. The number of hydrogen-bond acceptors (Lipinski definition) is 7. The quantitative estimate of drug-likeness (QED) is 0.722. The van der Waals surface area contributed by atoms with Gasteiger partial charge in [0, 0.05) is 11.5 Å². The Labute approximate surface area is 169 Å². The van der Waals surface area contributed by atoms with Crippen LogP contribution in [-0.2, 0) is 20.0 Å². The average Bonchev–Trinajstić information content (AvgIpc) is 3.20. The molecule has 0 aromatic carbocycles. The molecule has 2 atom stereocenters. The fourth-order valence-corrected chi connectivity index (χ4v) is 8.64. The van der Waals surface area contributed by atoms with Gasteiger partial charge < -0.3 is 9.73 Å². The number of carbonyl (C=O) groups excluding carboxylic acids is 1. The second-order valence-electron chi connectivity index (χ2n) is 9.44. The SMILES string of the molecule is C[C@H](Sc1nnc(C23CC4CC(CC(C4)C2)C3)o1)C(=O)N[C@H]1CCS(=O)(=O)C1. The van der Waals surface area contributed by atoms with Crippen molar-refractivity contribution in [2.45, 2.75) is 73.8 Å². The molecule has 154 valence electrons. The number of hydrogen-bond donors (Lipinski definition) is 1. The zero-order valence-corrected chi connectivity index (χ0v) is 17.7. The van der Waals surface area contributed by atoms with E-state index in [4.69, 9.17) is 4.42 Å². The van der Waals surface area contributed by atoms with Gasteiger partial charge in [-0.15, -0.1) is 10.2 Å². The Balaban J connectivity index is 1.23. The number of nitrogens with one attached hydrogen (secondary N) is 1. The van der Waals surface area contributed by atoms with Crippen LogP contribution in [0, 0.1) is 17.8 Å². The number of aromatic nitrogens is 2. The Morgan fingerprint density at radius 1 is 1.18 bits per heavy atom. The molecule has 7 nitrogen and oxygen atoms in total. The van der Waals surface area contributed by atoms with E-state index < -0.39 is 15.1 Å². The summed E-state index contributed by atoms with van der Waals surface area (Å²) >= 11 is 1.26. The predicted molar refractivity (Wildman–Crippen MR) is 105 cm³/mol. The van der Waals surface area contributed by atoms with Gasteiger partial charge in [-0.2, -0.15) is 0 Å². The zero-order valence-electron chi connectivity index (χ0n) is 16.1. The van der Waals surface area contributed by atoms with Gasteiger partial charge in [0.25, 0.3) is 5.22 Å². The topological polar surface area (TPSA) is 102 Å². The van der Waals surface area contributed by atoms with Crippen LogP contribution in [-0.4, -0.2) is 47.3 Å². The standard InChI is InChI=1S/C19H27N3O4S2/c1-11(16(23)20-15-2-3-28(24,25)10-15)27-18-22-21-17(26-18)19-7-12-4-13(8-19)6-14(5-12)9-19/h11-15H,2-10H2,1H3,(H,20,23)/t11-,12?,13?,14?,15-,19?/m0/s1. The second kappa shape index (κ2) is 6.72. The molecule has 1 amide bonds. The molecule has 5 fully saturated rings. The first-order valence-corrected chi connectivity index (χ1v) is 13.0. The van der Waals surface area contributed by atoms with Gasteiger partial charge in [-0.05, 0) is 69.6 Å². The molecular weight excluding hydrogens is 398 g/mol. The van der Waals surface area contributed by atoms with Gasteiger partial charge >= 0.3 is 0 Å². The van der Waals surface area contributed by atoms with Crippen molar-refractivity contribution in [2.24, 2.45) is 17.8 Å². The van der Waals surface area contributed by atoms with Gasteiger partial charge in [-0.3, -0.25) is 4.79 Å². The van der Waals surface area contributed by atoms with Gasteiger partial charge in [0.1, 0.15) is 0 Å². The van der Waals surface area contributed by atoms with Crippen LogP contribution in [0.5, 0.6) is 0 Å². The highest BCUT2D eigenvalue weighted by Gasteiger charge is 2.54. The van der Waals surface area contributed by atoms with Crippen molar-refractivity contribution < 1.29 is 17.6 Å². The lowest BCUT2D eigenvalue weighted by molar-refractivity contribution is -0.120. The van der Waals surface area contributed by atoms with E-state index in [1.165, 1.54) is 50.3 Å². The molecule has 1 saturated heterocycles. The van der Waals surface area contributed by atoms with Crippen LogP contribution in [0.15, 0.2) is 9.64 Å². The maximum atomic E-state index is 12.4. The molecule has 2 heterocycles. The van der Waals surface area contributed by atoms with E-state index in [1.807, 2.05) is 0 Å². The Bertz CT molecular complexity index is 846. The molecule has 9 heteroatoms. The molecule has 6 rings (SSSR count). The molecule has 4 saturated carbocycles. The molecule has 0 unspecified atom stereocenters. The highest BCUT2D eigenvalue weighted by Crippen LogP contribution is 2.60. The molecular formula is C19H27N3O4S2. The first kappa shape index (κ1) is 18.9. The van der Waals surface area contributed by atoms with Crippen molar-refractivity contribution in [2.75, 3.05) is 11.5 Å². The van der Waals surface area contributed by atoms with Crippen molar-refractivity contribution in [3.05, 3.63) is 5.89 Å². The summed E-state index contributed by atoms with van der Waals surface area (Å²) in [5, 5.41) is 11.5. The van der Waals surface area contributed by atoms with Crippen molar-refractivity contribution in [1.82, 2.24) is 15.5 Å². The second-order valence-corrected chi connectivity index (χ2v) is 13.0. The molecule has 0 radical (unpaired) electrons. The summed E-state index contributed by atoms with van der Waals surface area (Å²) < 4.78 is 29.2. The summed E-state index contributed by atoms with van der Waals surface area (Å²) in [6, 6.07) is -0.286. The highest BCUT2D eigenvalue weighted by molar-refractivity contribution is 8.00. The highest BCUT2D eigenvalue weighted by atomic mass is 32.2. The summed E-state index contributed by atoms with van der Waals surface area (Å²) in [6.07, 6.45) is 8.07. The smallest absolute Gasteiger partial charge is 0.277 e. The summed E-state index contributed by atoms with van der Waals surface area (Å²) in [6.45, 7) is 1.79. The maximum absolute atomic E-state index is 12.4. The Morgan fingerprint density at radius 3 is 2.39 bits per heavy atom. The van der Waals surface area contributed by atoms with Crippen LogP contribution in [0.1, 0.15) is 57.8 Å². The summed E-state index contributed by atoms with van der Waals surface area (Å²) in [7, 11) is -3.01. The van der Waals surface area contributed by atoms with Gasteiger partial charge in [-0.1, -0.05) is 11.8 Å². The molecule has 1 aromatic rings. The minimum absolute atomic E-state index is 0.0346. The van der Waals surface area contributed by atoms with Crippen LogP contribution in [0.25, 0.3) is 0 Å². The van der Waals surface area contributed by atoms with Crippen molar-refractivity contribution >= 4 is 27.5 Å². The minimum atomic E-state index is -3.01. The number of nitrogens with zero attached hydrogens (tertiary/aromatic N) is 2. The Hall–Kier alpha value is -1.09. The largest absolute Gasteiger partial charge is 0.415 e. The maximum Gasteiger partial charge on any atom is 0.277 e. The summed E-state index contributed by atoms with van der Waals surface area (Å²) in [4.78, 5) is 12.4. The first-order chi connectivity index (χ1) is 13.3. The molecule has 28 heavy (non-hydrogen) atoms. The van der Waals surface area contributed by atoms with E-state index >= 15 is 0 Å². The van der Waals surface area contributed by atoms with Gasteiger partial charge in [0.2, 0.25) is 11.8 Å². The third-order valence-corrected chi connectivity index (χ3v) is 9.83. The van der Waals surface area contributed by atoms with Gasteiger partial charge in [-0.25, -0.2) is 8.42 Å². The lowest BCUT2D eigenvalue weighted by Gasteiger charge is -2.55. The van der Waals surface area contributed by atoms with Gasteiger partial charge in [0.15, 0.2) is 9.84 Å². The molecule has 1 aliphatic heterocycles. The average molecular weight is 426 g/mol. The number of amides is 1. The van der Waals surface area contributed by atoms with Crippen LogP contribution in [0.4, 0.5) is 0 Å². The van der Waals surface area contributed by atoms with Crippen molar-refractivity contribution in [3.8, 4) is 0 Å². The number of sulfone groups is 1. The van der Waals surface area contributed by atoms with E-state index in [0.717, 1.165) is 23.6 Å². The van der Waals surface area contributed by atoms with E-state index in [-0.39, 0.29) is 28.9 Å². The fraction of sp³-hybridized carbons (Fsp3) is 0.842. The number of rotatable bonds is 5. The Kier molecular flexibility index (Phi) is 4.54. The summed E-state index contributed by atoms with van der Waals surface area (Å²) in [5.41, 5.74) is 0.0598. The van der Waals surface area contributed by atoms with Crippen LogP contribution in [0.3, 0.4) is 0 Å². The zero-order chi connectivity index (χ0) is 19.5. The predicted octanol–water partition coefficient (Wildman–Crippen LogP) is 2.32. The third kappa shape index (κ3) is 3.49. The van der Waals surface area contributed by atoms with E-state index in [9.17, 15) is 13.2 Å². The number of thioether (sulfide) groups is 1. The molecule has 1 aromatic heterocycles. The fourth-order valence-electron chi connectivity index (χ4n) is 6.28. The van der Waals surface area contributed by atoms with E-state index in [2.05, 4.69) is 15.5 Å². The molecule has 5 aliphatic rings. The summed E-state index contributed by atoms with van der Waals surface area (Å²) in [5.74, 6) is 3.19. The van der Waals surface area contributed by atoms with Crippen LogP contribution >= 0.6 is 11.8 Å². The van der Waals surface area contributed by atoms with Gasteiger partial charge in [0.05, 0.1) is 16.8 Å². The Morgan fingerprint density at radius 2 is 1.82 bits per heavy atom. The van der Waals surface area contributed by atoms with Crippen molar-refractivity contribution in [3.63, 3.8) is 0 Å². The first-order valence-electron chi connectivity index (χ1n) is 10.3. The van der Waals surface area contributed by atoms with Crippen LogP contribution in [0.2, 0.25) is 0 Å². The molecule has 0 spiro atoms. The third-order valence-electron chi connectivity index (χ3n) is 7.12. The molecule has 4 aliphatic carbocycles. The molecule has 1 N–H and O–H groups in total. The number of carbonyl (C=O) groups is 1. The minimum Gasteiger partial charge on any atom is -0.415 e. The lowest BCUT2D eigenvalue weighted by Crippen LogP contribution is -2.48.